The maximum Gasteiger partial charge on any atom is 0.234 e. The smallest absolute Gasteiger partial charge is 0.234 e. The molecule has 0 fully saturated rings. The Balaban J connectivity index is 4.14. The standard InChI is InChI=1S/C11H24N2O4/c1-8(2)9(3)13-10(17)4-12-11(5-14,6-15)7-16/h8-9,12,14-16H,4-7H2,1-3H3,(H,13,17). The van der Waals surface area contributed by atoms with E-state index >= 15 is 0 Å². The van der Waals surface area contributed by atoms with Crippen molar-refractivity contribution >= 4 is 5.91 Å². The quantitative estimate of drug-likeness (QED) is 0.358. The summed E-state index contributed by atoms with van der Waals surface area (Å²) in [7, 11) is 0. The number of aliphatic hydroxyl groups is 3. The molecule has 0 aliphatic rings. The SMILES string of the molecule is CC(C)C(C)NC(=O)CNC(CO)(CO)CO. The van der Waals surface area contributed by atoms with E-state index in [0.717, 1.165) is 0 Å². The molecule has 6 heteroatoms. The highest BCUT2D eigenvalue weighted by Gasteiger charge is 2.28. The van der Waals surface area contributed by atoms with Crippen molar-refractivity contribution in [2.24, 2.45) is 5.92 Å². The highest BCUT2D eigenvalue weighted by atomic mass is 16.3. The lowest BCUT2D eigenvalue weighted by atomic mass is 10.0. The van der Waals surface area contributed by atoms with Gasteiger partial charge in [-0.25, -0.2) is 0 Å². The molecule has 0 aromatic rings. The van der Waals surface area contributed by atoms with Crippen molar-refractivity contribution in [3.8, 4) is 0 Å². The number of amides is 1. The number of carbonyl (C=O) groups is 1. The van der Waals surface area contributed by atoms with E-state index in [0.29, 0.717) is 5.92 Å². The van der Waals surface area contributed by atoms with Crippen molar-refractivity contribution < 1.29 is 20.1 Å². The van der Waals surface area contributed by atoms with Crippen LogP contribution in [0.25, 0.3) is 0 Å². The average Bonchev–Trinajstić information content (AvgIpc) is 2.31. The van der Waals surface area contributed by atoms with Crippen molar-refractivity contribution in [3.05, 3.63) is 0 Å². The van der Waals surface area contributed by atoms with E-state index in [-0.39, 0.29) is 18.5 Å². The monoisotopic (exact) mass is 248 g/mol. The molecule has 1 unspecified atom stereocenters. The topological polar surface area (TPSA) is 102 Å². The summed E-state index contributed by atoms with van der Waals surface area (Å²) in [6.45, 7) is 4.53. The van der Waals surface area contributed by atoms with Gasteiger partial charge >= 0.3 is 0 Å². The molecule has 0 aromatic heterocycles. The summed E-state index contributed by atoms with van der Waals surface area (Å²) in [5, 5.41) is 32.6. The van der Waals surface area contributed by atoms with Gasteiger partial charge in [-0.15, -0.1) is 0 Å². The van der Waals surface area contributed by atoms with Gasteiger partial charge in [-0.3, -0.25) is 10.1 Å². The Morgan fingerprint density at radius 3 is 1.94 bits per heavy atom. The molecule has 0 aliphatic heterocycles. The van der Waals surface area contributed by atoms with E-state index in [1.807, 2.05) is 20.8 Å². The van der Waals surface area contributed by atoms with Crippen LogP contribution >= 0.6 is 0 Å². The number of hydrogen-bond donors (Lipinski definition) is 5. The summed E-state index contributed by atoms with van der Waals surface area (Å²) in [5.41, 5.74) is -1.21. The van der Waals surface area contributed by atoms with E-state index in [9.17, 15) is 4.79 Å². The maximum atomic E-state index is 11.5. The first-order valence-electron chi connectivity index (χ1n) is 5.77. The molecule has 0 aliphatic carbocycles. The van der Waals surface area contributed by atoms with E-state index in [1.54, 1.807) is 0 Å². The third-order valence-electron chi connectivity index (χ3n) is 2.92. The molecule has 1 atom stereocenters. The van der Waals surface area contributed by atoms with E-state index in [2.05, 4.69) is 10.6 Å². The Hall–Kier alpha value is -0.690. The lowest BCUT2D eigenvalue weighted by molar-refractivity contribution is -0.121. The minimum absolute atomic E-state index is 0.0519. The zero-order valence-corrected chi connectivity index (χ0v) is 10.7. The second-order valence-electron chi connectivity index (χ2n) is 4.71. The first-order valence-corrected chi connectivity index (χ1v) is 5.77. The van der Waals surface area contributed by atoms with Crippen LogP contribution in [0.15, 0.2) is 0 Å². The van der Waals surface area contributed by atoms with Crippen LogP contribution in [-0.2, 0) is 4.79 Å². The van der Waals surface area contributed by atoms with Crippen LogP contribution in [0, 0.1) is 5.92 Å². The van der Waals surface area contributed by atoms with Gasteiger partial charge in [0, 0.05) is 6.04 Å². The first kappa shape index (κ1) is 16.3. The molecule has 102 valence electrons. The predicted molar refractivity (Wildman–Crippen MR) is 64.4 cm³/mol. The molecule has 0 saturated heterocycles. The maximum absolute atomic E-state index is 11.5. The fourth-order valence-electron chi connectivity index (χ4n) is 1.06. The lowest BCUT2D eigenvalue weighted by Crippen LogP contribution is -2.57. The average molecular weight is 248 g/mol. The molecular weight excluding hydrogens is 224 g/mol. The van der Waals surface area contributed by atoms with Gasteiger partial charge in [0.15, 0.2) is 0 Å². The third-order valence-corrected chi connectivity index (χ3v) is 2.92. The Labute approximate surface area is 102 Å². The molecule has 5 N–H and O–H groups in total. The van der Waals surface area contributed by atoms with Crippen molar-refractivity contribution in [2.45, 2.75) is 32.4 Å². The predicted octanol–water partition coefficient (Wildman–Crippen LogP) is -1.55. The van der Waals surface area contributed by atoms with Gasteiger partial charge in [0.2, 0.25) is 5.91 Å². The number of carbonyl (C=O) groups excluding carboxylic acids is 1. The van der Waals surface area contributed by atoms with Gasteiger partial charge in [0.25, 0.3) is 0 Å². The summed E-state index contributed by atoms with van der Waals surface area (Å²) >= 11 is 0. The summed E-state index contributed by atoms with van der Waals surface area (Å²) in [5.74, 6) is 0.100. The molecule has 17 heavy (non-hydrogen) atoms. The first-order chi connectivity index (χ1) is 7.90. The van der Waals surface area contributed by atoms with Crippen LogP contribution in [0.5, 0.6) is 0 Å². The van der Waals surface area contributed by atoms with Crippen LogP contribution in [0.3, 0.4) is 0 Å². The minimum Gasteiger partial charge on any atom is -0.394 e. The van der Waals surface area contributed by atoms with Crippen LogP contribution in [0.1, 0.15) is 20.8 Å². The van der Waals surface area contributed by atoms with Gasteiger partial charge in [0.05, 0.1) is 31.9 Å². The number of aliphatic hydroxyl groups excluding tert-OH is 3. The van der Waals surface area contributed by atoms with E-state index < -0.39 is 25.4 Å². The third kappa shape index (κ3) is 5.45. The number of nitrogens with one attached hydrogen (secondary N) is 2. The van der Waals surface area contributed by atoms with Crippen molar-refractivity contribution in [1.29, 1.82) is 0 Å². The molecule has 0 saturated carbocycles. The van der Waals surface area contributed by atoms with Gasteiger partial charge in [0.1, 0.15) is 0 Å². The second-order valence-corrected chi connectivity index (χ2v) is 4.71. The normalized spacial score (nSPS) is 13.8. The van der Waals surface area contributed by atoms with E-state index in [1.165, 1.54) is 0 Å². The van der Waals surface area contributed by atoms with Gasteiger partial charge in [-0.1, -0.05) is 13.8 Å². The molecule has 6 nitrogen and oxygen atoms in total. The van der Waals surface area contributed by atoms with Gasteiger partial charge in [-0.2, -0.15) is 0 Å². The number of hydrogen-bond acceptors (Lipinski definition) is 5. The van der Waals surface area contributed by atoms with Gasteiger partial charge < -0.3 is 20.6 Å². The molecule has 1 amide bonds. The molecule has 0 bridgehead atoms. The summed E-state index contributed by atoms with van der Waals surface area (Å²) in [6.07, 6.45) is 0. The molecule has 0 radical (unpaired) electrons. The summed E-state index contributed by atoms with van der Waals surface area (Å²) in [4.78, 5) is 11.5. The molecule has 0 heterocycles. The zero-order chi connectivity index (χ0) is 13.5. The van der Waals surface area contributed by atoms with Crippen molar-refractivity contribution in [1.82, 2.24) is 10.6 Å². The summed E-state index contributed by atoms with van der Waals surface area (Å²) < 4.78 is 0. The fraction of sp³-hybridized carbons (Fsp3) is 0.909. The van der Waals surface area contributed by atoms with Crippen molar-refractivity contribution in [3.63, 3.8) is 0 Å². The Morgan fingerprint density at radius 1 is 1.12 bits per heavy atom. The van der Waals surface area contributed by atoms with Crippen LogP contribution < -0.4 is 10.6 Å². The molecule has 0 spiro atoms. The molecule has 0 aromatic carbocycles. The molecular formula is C11H24N2O4. The lowest BCUT2D eigenvalue weighted by Gasteiger charge is -2.29. The Morgan fingerprint density at radius 2 is 1.59 bits per heavy atom. The highest BCUT2D eigenvalue weighted by molar-refractivity contribution is 5.78. The highest BCUT2D eigenvalue weighted by Crippen LogP contribution is 2.02. The van der Waals surface area contributed by atoms with Crippen LogP contribution in [-0.4, -0.2) is 59.2 Å². The second kappa shape index (κ2) is 7.60. The van der Waals surface area contributed by atoms with Crippen LogP contribution in [0.4, 0.5) is 0 Å². The van der Waals surface area contributed by atoms with Crippen LogP contribution in [0.2, 0.25) is 0 Å². The van der Waals surface area contributed by atoms with E-state index in [4.69, 9.17) is 15.3 Å². The fourth-order valence-corrected chi connectivity index (χ4v) is 1.06. The number of rotatable bonds is 8. The Kier molecular flexibility index (Phi) is 7.29. The van der Waals surface area contributed by atoms with Gasteiger partial charge in [-0.05, 0) is 12.8 Å². The van der Waals surface area contributed by atoms with Crippen molar-refractivity contribution in [2.75, 3.05) is 26.4 Å². The largest absolute Gasteiger partial charge is 0.394 e. The minimum atomic E-state index is -1.21. The zero-order valence-electron chi connectivity index (χ0n) is 10.7. The Bertz CT molecular complexity index is 221. The summed E-state index contributed by atoms with van der Waals surface area (Å²) in [6, 6.07) is 0.0519. The molecule has 0 rings (SSSR count).